The lowest BCUT2D eigenvalue weighted by Crippen LogP contribution is -2.33. The Morgan fingerprint density at radius 1 is 0.455 bits per heavy atom. The minimum Gasteiger partial charge on any atom is -0.479 e. The highest BCUT2D eigenvalue weighted by molar-refractivity contribution is 5.77. The standard InChI is InChI=1S/4C5H10O3.H4Si/c4*1-3-5(2,8)4(6)7;/h4*8H,3H2,1-2H3,(H,6,7);1H4. The fourth-order valence-electron chi connectivity index (χ4n) is 0.605. The Kier molecular flexibility index (Phi) is 21.8. The first-order valence-corrected chi connectivity index (χ1v) is 9.85. The first-order chi connectivity index (χ1) is 14.0. The summed E-state index contributed by atoms with van der Waals surface area (Å²) in [5.41, 5.74) is -6.17. The average Bonchev–Trinajstić information content (AvgIpc) is 2.68. The summed E-state index contributed by atoms with van der Waals surface area (Å²) in [4.78, 5) is 40.0. The molecule has 33 heavy (non-hydrogen) atoms. The molecule has 0 aromatic heterocycles. The van der Waals surface area contributed by atoms with Crippen LogP contribution in [0.1, 0.15) is 81.1 Å². The molecule has 0 spiro atoms. The Labute approximate surface area is 198 Å². The highest BCUT2D eigenvalue weighted by atomic mass is 28.1. The molecule has 12 nitrogen and oxygen atoms in total. The number of carboxylic acid groups (broad SMARTS) is 4. The van der Waals surface area contributed by atoms with Gasteiger partial charge in [-0.15, -0.1) is 0 Å². The lowest BCUT2D eigenvalue weighted by molar-refractivity contribution is -0.157. The fourth-order valence-corrected chi connectivity index (χ4v) is 0.605. The monoisotopic (exact) mass is 504 g/mol. The predicted octanol–water partition coefficient (Wildman–Crippen LogP) is -0.524. The molecule has 0 fully saturated rings. The molecular weight excluding hydrogens is 460 g/mol. The Morgan fingerprint density at radius 2 is 0.545 bits per heavy atom. The van der Waals surface area contributed by atoms with Gasteiger partial charge < -0.3 is 40.9 Å². The third-order valence-corrected chi connectivity index (χ3v) is 4.60. The van der Waals surface area contributed by atoms with Crippen LogP contribution in [-0.2, 0) is 19.2 Å². The van der Waals surface area contributed by atoms with Gasteiger partial charge in [0, 0.05) is 0 Å². The second kappa shape index (κ2) is 17.4. The van der Waals surface area contributed by atoms with Gasteiger partial charge in [-0.3, -0.25) is 0 Å². The molecule has 200 valence electrons. The Balaban J connectivity index is -0.000000105. The number of carboxylic acids is 4. The van der Waals surface area contributed by atoms with Crippen LogP contribution in [0.25, 0.3) is 0 Å². The third kappa shape index (κ3) is 20.3. The summed E-state index contributed by atoms with van der Waals surface area (Å²) in [7, 11) is 0. The zero-order valence-corrected chi connectivity index (χ0v) is 20.0. The van der Waals surface area contributed by atoms with Crippen LogP contribution >= 0.6 is 0 Å². The van der Waals surface area contributed by atoms with E-state index in [1.54, 1.807) is 27.7 Å². The van der Waals surface area contributed by atoms with E-state index in [0.717, 1.165) is 0 Å². The lowest BCUT2D eigenvalue weighted by atomic mass is 10.1. The maximum absolute atomic E-state index is 10.0. The van der Waals surface area contributed by atoms with Gasteiger partial charge in [-0.1, -0.05) is 27.7 Å². The first-order valence-electron chi connectivity index (χ1n) is 9.85. The number of hydrogen-bond acceptors (Lipinski definition) is 8. The summed E-state index contributed by atoms with van der Waals surface area (Å²) >= 11 is 0. The Morgan fingerprint density at radius 3 is 0.545 bits per heavy atom. The van der Waals surface area contributed by atoms with E-state index in [4.69, 9.17) is 40.9 Å². The Bertz CT molecular complexity index is 494. The molecule has 0 aliphatic heterocycles. The molecule has 0 radical (unpaired) electrons. The molecule has 4 unspecified atom stereocenters. The minimum absolute atomic E-state index is 0. The van der Waals surface area contributed by atoms with E-state index in [9.17, 15) is 19.2 Å². The van der Waals surface area contributed by atoms with Crippen LogP contribution in [0.2, 0.25) is 0 Å². The van der Waals surface area contributed by atoms with Crippen LogP contribution in [0.3, 0.4) is 0 Å². The molecule has 0 rings (SSSR count). The second-order valence-electron chi connectivity index (χ2n) is 7.73. The summed E-state index contributed by atoms with van der Waals surface area (Å²) < 4.78 is 0. The van der Waals surface area contributed by atoms with Crippen molar-refractivity contribution in [3.8, 4) is 0 Å². The molecule has 13 heteroatoms. The van der Waals surface area contributed by atoms with Gasteiger partial charge in [0.15, 0.2) is 22.4 Å². The van der Waals surface area contributed by atoms with Gasteiger partial charge in [0.2, 0.25) is 0 Å². The molecule has 0 aliphatic carbocycles. The normalized spacial score (nSPS) is 16.8. The lowest BCUT2D eigenvalue weighted by Gasteiger charge is -2.13. The van der Waals surface area contributed by atoms with Crippen molar-refractivity contribution in [1.29, 1.82) is 0 Å². The van der Waals surface area contributed by atoms with Crippen molar-refractivity contribution in [2.75, 3.05) is 0 Å². The molecule has 0 bridgehead atoms. The van der Waals surface area contributed by atoms with Crippen LogP contribution < -0.4 is 0 Å². The summed E-state index contributed by atoms with van der Waals surface area (Å²) in [5.74, 6) is -4.67. The van der Waals surface area contributed by atoms with Crippen LogP contribution in [0, 0.1) is 0 Å². The highest BCUT2D eigenvalue weighted by Crippen LogP contribution is 2.08. The summed E-state index contributed by atoms with van der Waals surface area (Å²) in [6.45, 7) is 11.6. The molecule has 0 amide bonds. The van der Waals surface area contributed by atoms with E-state index in [1.165, 1.54) is 27.7 Å². The van der Waals surface area contributed by atoms with Crippen LogP contribution in [0.4, 0.5) is 0 Å². The van der Waals surface area contributed by atoms with Crippen molar-refractivity contribution < 1.29 is 60.0 Å². The van der Waals surface area contributed by atoms with E-state index < -0.39 is 46.3 Å². The van der Waals surface area contributed by atoms with Gasteiger partial charge in [-0.25, -0.2) is 19.2 Å². The maximum atomic E-state index is 10.0. The molecule has 0 aromatic carbocycles. The molecule has 0 heterocycles. The smallest absolute Gasteiger partial charge is 0.335 e. The number of rotatable bonds is 8. The molecule has 0 saturated heterocycles. The van der Waals surface area contributed by atoms with E-state index >= 15 is 0 Å². The molecule has 0 aliphatic rings. The predicted molar refractivity (Wildman–Crippen MR) is 126 cm³/mol. The van der Waals surface area contributed by atoms with Gasteiger partial charge in [0.05, 0.1) is 0 Å². The number of aliphatic carboxylic acids is 4. The van der Waals surface area contributed by atoms with Crippen molar-refractivity contribution in [2.24, 2.45) is 0 Å². The van der Waals surface area contributed by atoms with E-state index in [1.807, 2.05) is 0 Å². The first kappa shape index (κ1) is 41.2. The van der Waals surface area contributed by atoms with Crippen molar-refractivity contribution >= 4 is 34.8 Å². The topological polar surface area (TPSA) is 230 Å². The number of aliphatic hydroxyl groups is 4. The largest absolute Gasteiger partial charge is 0.479 e. The second-order valence-corrected chi connectivity index (χ2v) is 7.73. The molecule has 8 N–H and O–H groups in total. The van der Waals surface area contributed by atoms with Crippen molar-refractivity contribution in [1.82, 2.24) is 0 Å². The third-order valence-electron chi connectivity index (χ3n) is 4.60. The van der Waals surface area contributed by atoms with Gasteiger partial charge in [-0.2, -0.15) is 0 Å². The van der Waals surface area contributed by atoms with Gasteiger partial charge in [-0.05, 0) is 64.3 Å². The molecule has 0 aromatic rings. The molecule has 0 saturated carbocycles. The SMILES string of the molecule is CCC(C)(O)C(=O)O.CCC(C)(O)C(=O)O.CCC(C)(O)C(=O)O.CCC(C)(O)C(=O)O.[SiH4]. The molecular formula is C20H44O12Si. The van der Waals surface area contributed by atoms with Crippen LogP contribution in [0.15, 0.2) is 0 Å². The highest BCUT2D eigenvalue weighted by Gasteiger charge is 2.28. The minimum atomic E-state index is -1.54. The Hall–Kier alpha value is -2.06. The van der Waals surface area contributed by atoms with Gasteiger partial charge in [0.25, 0.3) is 0 Å². The zero-order valence-electron chi connectivity index (χ0n) is 20.0. The van der Waals surface area contributed by atoms with Gasteiger partial charge >= 0.3 is 23.9 Å². The van der Waals surface area contributed by atoms with Crippen molar-refractivity contribution in [3.05, 3.63) is 0 Å². The van der Waals surface area contributed by atoms with Crippen molar-refractivity contribution in [3.63, 3.8) is 0 Å². The quantitative estimate of drug-likeness (QED) is 0.195. The summed E-state index contributed by atoms with van der Waals surface area (Å²) in [6, 6.07) is 0. The van der Waals surface area contributed by atoms with Crippen molar-refractivity contribution in [2.45, 2.75) is 103 Å². The van der Waals surface area contributed by atoms with E-state index in [0.29, 0.717) is 0 Å². The molecule has 4 atom stereocenters. The van der Waals surface area contributed by atoms with Crippen LogP contribution in [-0.4, -0.2) is 98.1 Å². The zero-order chi connectivity index (χ0) is 27.1. The number of hydrogen-bond donors (Lipinski definition) is 8. The summed E-state index contributed by atoms with van der Waals surface area (Å²) in [6.07, 6.45) is 0.954. The van der Waals surface area contributed by atoms with Crippen LogP contribution in [0.5, 0.6) is 0 Å². The fraction of sp³-hybridized carbons (Fsp3) is 0.800. The number of carbonyl (C=O) groups is 4. The average molecular weight is 505 g/mol. The van der Waals surface area contributed by atoms with E-state index in [-0.39, 0.29) is 36.6 Å². The maximum Gasteiger partial charge on any atom is 0.335 e. The summed E-state index contributed by atoms with van der Waals surface area (Å²) in [5, 5.41) is 68.0. The van der Waals surface area contributed by atoms with E-state index in [2.05, 4.69) is 0 Å². The van der Waals surface area contributed by atoms with Gasteiger partial charge in [0.1, 0.15) is 0 Å².